The van der Waals surface area contributed by atoms with Crippen LogP contribution in [0.5, 0.6) is 0 Å². The smallest absolute Gasteiger partial charge is 0.290 e. The Kier molecular flexibility index (Phi) is 3.66. The van der Waals surface area contributed by atoms with Gasteiger partial charge in [-0.2, -0.15) is 0 Å². The van der Waals surface area contributed by atoms with Crippen molar-refractivity contribution in [1.29, 1.82) is 0 Å². The van der Waals surface area contributed by atoms with E-state index >= 15 is 0 Å². The van der Waals surface area contributed by atoms with Gasteiger partial charge in [0.25, 0.3) is 5.91 Å². The van der Waals surface area contributed by atoms with Gasteiger partial charge in [-0.05, 0) is 47.3 Å². The van der Waals surface area contributed by atoms with Gasteiger partial charge >= 0.3 is 0 Å². The van der Waals surface area contributed by atoms with E-state index in [1.807, 2.05) is 4.90 Å². The van der Waals surface area contributed by atoms with Gasteiger partial charge in [0.15, 0.2) is 0 Å². The van der Waals surface area contributed by atoms with Gasteiger partial charge in [-0.15, -0.1) is 0 Å². The molecule has 2 heterocycles. The average Bonchev–Trinajstić information content (AvgIpc) is 2.75. The number of nitrogens with two attached hydrogens (primary N) is 1. The van der Waals surface area contributed by atoms with Crippen LogP contribution in [0.15, 0.2) is 21.2 Å². The molecule has 0 unspecified atom stereocenters. The molecular formula is C11H15BrN2O2. The molecule has 5 heteroatoms. The second kappa shape index (κ2) is 5.01. The minimum Gasteiger partial charge on any atom is -0.458 e. The molecule has 1 amide bonds. The number of furan rings is 1. The normalized spacial score (nSPS) is 17.8. The number of carbonyl (C=O) groups is 1. The fourth-order valence-electron chi connectivity index (χ4n) is 1.96. The summed E-state index contributed by atoms with van der Waals surface area (Å²) in [6, 6.07) is 1.74. The van der Waals surface area contributed by atoms with Crippen molar-refractivity contribution >= 4 is 21.8 Å². The average molecular weight is 287 g/mol. The number of carbonyl (C=O) groups excluding carboxylic acids is 1. The Morgan fingerprint density at radius 3 is 2.75 bits per heavy atom. The molecule has 0 radical (unpaired) electrons. The van der Waals surface area contributed by atoms with Gasteiger partial charge in [0.2, 0.25) is 5.76 Å². The van der Waals surface area contributed by atoms with Crippen LogP contribution in [-0.2, 0) is 0 Å². The Morgan fingerprint density at radius 1 is 1.56 bits per heavy atom. The molecule has 0 aromatic carbocycles. The number of nitrogens with zero attached hydrogens (tertiary/aromatic N) is 1. The molecule has 1 fully saturated rings. The molecule has 88 valence electrons. The van der Waals surface area contributed by atoms with Gasteiger partial charge in [0, 0.05) is 13.1 Å². The highest BCUT2D eigenvalue weighted by molar-refractivity contribution is 9.10. The second-order valence-electron chi connectivity index (χ2n) is 4.07. The van der Waals surface area contributed by atoms with E-state index in [0.29, 0.717) is 18.2 Å². The number of hydrogen-bond acceptors (Lipinski definition) is 3. The Hall–Kier alpha value is -0.810. The number of amides is 1. The first-order valence-corrected chi connectivity index (χ1v) is 6.24. The molecule has 2 N–H and O–H groups in total. The van der Waals surface area contributed by atoms with Gasteiger partial charge in [0.1, 0.15) is 0 Å². The van der Waals surface area contributed by atoms with Gasteiger partial charge < -0.3 is 15.1 Å². The first kappa shape index (κ1) is 11.7. The molecule has 0 bridgehead atoms. The van der Waals surface area contributed by atoms with Crippen molar-refractivity contribution in [3.63, 3.8) is 0 Å². The predicted octanol–water partition coefficient (Wildman–Crippen LogP) is 1.85. The predicted molar refractivity (Wildman–Crippen MR) is 64.1 cm³/mol. The molecule has 1 aromatic heterocycles. The molecule has 0 aliphatic carbocycles. The minimum atomic E-state index is -0.0349. The summed E-state index contributed by atoms with van der Waals surface area (Å²) >= 11 is 3.30. The van der Waals surface area contributed by atoms with E-state index < -0.39 is 0 Å². The van der Waals surface area contributed by atoms with E-state index in [2.05, 4.69) is 15.9 Å². The van der Waals surface area contributed by atoms with Gasteiger partial charge in [-0.25, -0.2) is 0 Å². The summed E-state index contributed by atoms with van der Waals surface area (Å²) in [5, 5.41) is 0. The van der Waals surface area contributed by atoms with E-state index in [-0.39, 0.29) is 5.91 Å². The van der Waals surface area contributed by atoms with E-state index in [1.165, 1.54) is 6.26 Å². The summed E-state index contributed by atoms with van der Waals surface area (Å²) < 4.78 is 5.89. The SMILES string of the molecule is NCC1CCN(C(=O)c2occc2Br)CC1. The fourth-order valence-corrected chi connectivity index (χ4v) is 2.33. The second-order valence-corrected chi connectivity index (χ2v) is 4.92. The van der Waals surface area contributed by atoms with E-state index in [4.69, 9.17) is 10.2 Å². The molecule has 1 saturated heterocycles. The van der Waals surface area contributed by atoms with Crippen LogP contribution in [0.3, 0.4) is 0 Å². The van der Waals surface area contributed by atoms with Crippen molar-refractivity contribution in [2.24, 2.45) is 11.7 Å². The van der Waals surface area contributed by atoms with E-state index in [1.54, 1.807) is 6.07 Å². The quantitative estimate of drug-likeness (QED) is 0.903. The van der Waals surface area contributed by atoms with Crippen LogP contribution in [0.2, 0.25) is 0 Å². The maximum atomic E-state index is 12.0. The third-order valence-electron chi connectivity index (χ3n) is 3.05. The van der Waals surface area contributed by atoms with Gasteiger partial charge in [0.05, 0.1) is 10.7 Å². The summed E-state index contributed by atoms with van der Waals surface area (Å²) in [7, 11) is 0. The lowest BCUT2D eigenvalue weighted by molar-refractivity contribution is 0.0660. The lowest BCUT2D eigenvalue weighted by Crippen LogP contribution is -2.40. The maximum Gasteiger partial charge on any atom is 0.290 e. The number of likely N-dealkylation sites (tertiary alicyclic amines) is 1. The molecule has 1 aliphatic heterocycles. The van der Waals surface area contributed by atoms with Crippen LogP contribution in [0, 0.1) is 5.92 Å². The summed E-state index contributed by atoms with van der Waals surface area (Å²) in [4.78, 5) is 13.9. The van der Waals surface area contributed by atoms with E-state index in [9.17, 15) is 4.79 Å². The third-order valence-corrected chi connectivity index (χ3v) is 3.67. The molecule has 4 nitrogen and oxygen atoms in total. The third kappa shape index (κ3) is 2.30. The first-order valence-electron chi connectivity index (χ1n) is 5.44. The number of piperidine rings is 1. The van der Waals surface area contributed by atoms with Crippen molar-refractivity contribution in [3.05, 3.63) is 22.6 Å². The zero-order valence-electron chi connectivity index (χ0n) is 8.99. The monoisotopic (exact) mass is 286 g/mol. The maximum absolute atomic E-state index is 12.0. The lowest BCUT2D eigenvalue weighted by atomic mass is 9.97. The van der Waals surface area contributed by atoms with Crippen LogP contribution < -0.4 is 5.73 Å². The molecule has 0 saturated carbocycles. The number of rotatable bonds is 2. The van der Waals surface area contributed by atoms with Crippen LogP contribution >= 0.6 is 15.9 Å². The lowest BCUT2D eigenvalue weighted by Gasteiger charge is -2.30. The van der Waals surface area contributed by atoms with Crippen molar-refractivity contribution in [2.45, 2.75) is 12.8 Å². The summed E-state index contributed by atoms with van der Waals surface area (Å²) in [5.74, 6) is 0.919. The van der Waals surface area contributed by atoms with Gasteiger partial charge in [-0.1, -0.05) is 0 Å². The number of halogens is 1. The van der Waals surface area contributed by atoms with Gasteiger partial charge in [-0.3, -0.25) is 4.79 Å². The number of hydrogen-bond donors (Lipinski definition) is 1. The molecule has 1 aliphatic rings. The van der Waals surface area contributed by atoms with Crippen molar-refractivity contribution in [2.75, 3.05) is 19.6 Å². The molecule has 0 spiro atoms. The molecule has 1 aromatic rings. The van der Waals surface area contributed by atoms with Crippen LogP contribution in [-0.4, -0.2) is 30.4 Å². The van der Waals surface area contributed by atoms with Crippen molar-refractivity contribution in [1.82, 2.24) is 4.90 Å². The summed E-state index contributed by atoms with van der Waals surface area (Å²) in [5.41, 5.74) is 5.61. The molecule has 0 atom stereocenters. The van der Waals surface area contributed by atoms with E-state index in [0.717, 1.165) is 30.4 Å². The Morgan fingerprint density at radius 2 is 2.25 bits per heavy atom. The highest BCUT2D eigenvalue weighted by Gasteiger charge is 2.25. The van der Waals surface area contributed by atoms with Crippen molar-refractivity contribution < 1.29 is 9.21 Å². The first-order chi connectivity index (χ1) is 7.72. The zero-order valence-corrected chi connectivity index (χ0v) is 10.6. The summed E-state index contributed by atoms with van der Waals surface area (Å²) in [6.45, 7) is 2.26. The fraction of sp³-hybridized carbons (Fsp3) is 0.545. The van der Waals surface area contributed by atoms with Crippen LogP contribution in [0.1, 0.15) is 23.4 Å². The highest BCUT2D eigenvalue weighted by Crippen LogP contribution is 2.22. The Balaban J connectivity index is 2.00. The molecule has 16 heavy (non-hydrogen) atoms. The largest absolute Gasteiger partial charge is 0.458 e. The molecular weight excluding hydrogens is 272 g/mol. The highest BCUT2D eigenvalue weighted by atomic mass is 79.9. The minimum absolute atomic E-state index is 0.0349. The zero-order chi connectivity index (χ0) is 11.5. The van der Waals surface area contributed by atoms with Crippen molar-refractivity contribution in [3.8, 4) is 0 Å². The Bertz CT molecular complexity index is 370. The van der Waals surface area contributed by atoms with Crippen LogP contribution in [0.25, 0.3) is 0 Å². The van der Waals surface area contributed by atoms with Crippen LogP contribution in [0.4, 0.5) is 0 Å². The summed E-state index contributed by atoms with van der Waals surface area (Å²) in [6.07, 6.45) is 3.49. The molecule has 2 rings (SSSR count). The Labute approximate surface area is 103 Å². The standard InChI is InChI=1S/C11H15BrN2O2/c12-9-3-6-16-10(9)11(15)14-4-1-8(7-13)2-5-14/h3,6,8H,1-2,4-5,7,13H2. The topological polar surface area (TPSA) is 59.5 Å².